The number of rotatable bonds is 7. The van der Waals surface area contributed by atoms with Crippen LogP contribution in [0.1, 0.15) is 16.7 Å². The number of hydrogen-bond donors (Lipinski definition) is 0. The van der Waals surface area contributed by atoms with Gasteiger partial charge in [-0.25, -0.2) is 4.39 Å². The molecule has 3 aromatic rings. The molecule has 0 bridgehead atoms. The monoisotopic (exact) mass is 533 g/mol. The number of benzene rings is 3. The van der Waals surface area contributed by atoms with Crippen LogP contribution in [-0.2, 0) is 24.4 Å². The Balaban J connectivity index is 1.48. The zero-order chi connectivity index (χ0) is 22.7. The predicted octanol–water partition coefficient (Wildman–Crippen LogP) is 6.63. The van der Waals surface area contributed by atoms with E-state index in [1.54, 1.807) is 48.5 Å². The Bertz CT molecular complexity index is 1160. The summed E-state index contributed by atoms with van der Waals surface area (Å²) in [5.41, 5.74) is 2.04. The van der Waals surface area contributed by atoms with Gasteiger partial charge in [0.1, 0.15) is 18.2 Å². The second-order valence-corrected chi connectivity index (χ2v) is 9.77. The number of halogens is 3. The fourth-order valence-electron chi connectivity index (χ4n) is 3.36. The highest BCUT2D eigenvalue weighted by atomic mass is 79.9. The van der Waals surface area contributed by atoms with Gasteiger partial charge in [-0.1, -0.05) is 69.6 Å². The second-order valence-electron chi connectivity index (χ2n) is 7.26. The van der Waals surface area contributed by atoms with Crippen molar-refractivity contribution in [3.8, 4) is 5.75 Å². The molecule has 0 spiro atoms. The fourth-order valence-corrected chi connectivity index (χ4v) is 4.91. The van der Waals surface area contributed by atoms with Crippen molar-refractivity contribution in [3.63, 3.8) is 0 Å². The number of thioether (sulfide) groups is 1. The van der Waals surface area contributed by atoms with E-state index in [-0.39, 0.29) is 30.1 Å². The van der Waals surface area contributed by atoms with Gasteiger partial charge in [-0.3, -0.25) is 14.5 Å². The molecule has 4 rings (SSSR count). The summed E-state index contributed by atoms with van der Waals surface area (Å²) in [7, 11) is 0. The average molecular weight is 535 g/mol. The number of amides is 2. The van der Waals surface area contributed by atoms with Gasteiger partial charge in [0.2, 0.25) is 5.91 Å². The van der Waals surface area contributed by atoms with E-state index < -0.39 is 5.25 Å². The predicted molar refractivity (Wildman–Crippen MR) is 127 cm³/mol. The van der Waals surface area contributed by atoms with Crippen LogP contribution >= 0.6 is 39.3 Å². The minimum Gasteiger partial charge on any atom is -0.489 e. The summed E-state index contributed by atoms with van der Waals surface area (Å²) >= 11 is 10.4. The van der Waals surface area contributed by atoms with Gasteiger partial charge in [0.15, 0.2) is 0 Å². The van der Waals surface area contributed by atoms with E-state index in [1.165, 1.54) is 11.0 Å². The molecular weight excluding hydrogens is 517 g/mol. The zero-order valence-electron chi connectivity index (χ0n) is 16.8. The zero-order valence-corrected chi connectivity index (χ0v) is 19.9. The highest BCUT2D eigenvalue weighted by Gasteiger charge is 2.39. The molecule has 32 heavy (non-hydrogen) atoms. The number of carbonyl (C=O) groups is 2. The van der Waals surface area contributed by atoms with Gasteiger partial charge in [0.25, 0.3) is 5.24 Å². The van der Waals surface area contributed by atoms with Crippen molar-refractivity contribution >= 4 is 50.4 Å². The minimum absolute atomic E-state index is 0.0642. The van der Waals surface area contributed by atoms with Gasteiger partial charge in [0.05, 0.1) is 11.8 Å². The van der Waals surface area contributed by atoms with Gasteiger partial charge in [0, 0.05) is 15.1 Å². The molecule has 1 aliphatic heterocycles. The largest absolute Gasteiger partial charge is 0.489 e. The van der Waals surface area contributed by atoms with Crippen LogP contribution in [0.5, 0.6) is 5.75 Å². The van der Waals surface area contributed by atoms with Crippen molar-refractivity contribution in [3.05, 3.63) is 98.7 Å². The third-order valence-corrected chi connectivity index (χ3v) is 6.85. The van der Waals surface area contributed by atoms with Crippen LogP contribution in [0.2, 0.25) is 5.02 Å². The third kappa shape index (κ3) is 5.34. The van der Waals surface area contributed by atoms with Crippen molar-refractivity contribution in [2.75, 3.05) is 0 Å². The standard InChI is InChI=1S/C24H18BrClFNO3S/c25-18-7-10-21(31-14-16-3-1-2-4-20(16)27)17(11-18)12-22-23(29)28(24(30)32-22)13-15-5-8-19(26)9-6-15/h1-11,22H,12-14H2/t22-/m0/s1. The minimum atomic E-state index is -0.556. The van der Waals surface area contributed by atoms with Crippen molar-refractivity contribution in [2.24, 2.45) is 0 Å². The summed E-state index contributed by atoms with van der Waals surface area (Å²) in [4.78, 5) is 26.7. The van der Waals surface area contributed by atoms with E-state index in [2.05, 4.69) is 15.9 Å². The first-order valence-electron chi connectivity index (χ1n) is 9.82. The number of carbonyl (C=O) groups excluding carboxylic acids is 2. The van der Waals surface area contributed by atoms with Crippen LogP contribution < -0.4 is 4.74 Å². The SMILES string of the molecule is O=C1S[C@@H](Cc2cc(Br)ccc2OCc2ccccc2F)C(=O)N1Cc1ccc(Cl)cc1. The van der Waals surface area contributed by atoms with Crippen molar-refractivity contribution < 1.29 is 18.7 Å². The van der Waals surface area contributed by atoms with Crippen molar-refractivity contribution in [1.29, 1.82) is 0 Å². The molecule has 1 aliphatic rings. The highest BCUT2D eigenvalue weighted by Crippen LogP contribution is 2.34. The first-order valence-corrected chi connectivity index (χ1v) is 11.9. The maximum atomic E-state index is 13.9. The molecule has 4 nitrogen and oxygen atoms in total. The van der Waals surface area contributed by atoms with Crippen LogP contribution in [-0.4, -0.2) is 21.3 Å². The quantitative estimate of drug-likeness (QED) is 0.341. The Labute approximate surface area is 202 Å². The third-order valence-electron chi connectivity index (χ3n) is 5.03. The molecule has 0 radical (unpaired) electrons. The van der Waals surface area contributed by atoms with Gasteiger partial charge in [-0.05, 0) is 53.9 Å². The summed E-state index contributed by atoms with van der Waals surface area (Å²) in [6.07, 6.45) is 0.318. The van der Waals surface area contributed by atoms with Gasteiger partial charge in [-0.15, -0.1) is 0 Å². The van der Waals surface area contributed by atoms with Gasteiger partial charge in [-0.2, -0.15) is 0 Å². The lowest BCUT2D eigenvalue weighted by Gasteiger charge is -2.16. The van der Waals surface area contributed by atoms with E-state index in [0.717, 1.165) is 27.4 Å². The Hall–Kier alpha value is -2.35. The molecular formula is C24H18BrClFNO3S. The van der Waals surface area contributed by atoms with Crippen LogP contribution in [0.25, 0.3) is 0 Å². The Morgan fingerprint density at radius 3 is 2.53 bits per heavy atom. The fraction of sp³-hybridized carbons (Fsp3) is 0.167. The lowest BCUT2D eigenvalue weighted by atomic mass is 10.1. The number of hydrogen-bond acceptors (Lipinski definition) is 4. The van der Waals surface area contributed by atoms with E-state index in [0.29, 0.717) is 22.8 Å². The molecule has 0 saturated carbocycles. The molecule has 1 fully saturated rings. The Morgan fingerprint density at radius 1 is 1.03 bits per heavy atom. The molecule has 2 amide bonds. The van der Waals surface area contributed by atoms with Crippen LogP contribution in [0.4, 0.5) is 9.18 Å². The topological polar surface area (TPSA) is 46.6 Å². The Kier molecular flexibility index (Phi) is 7.18. The van der Waals surface area contributed by atoms with Crippen LogP contribution in [0, 0.1) is 5.82 Å². The van der Waals surface area contributed by atoms with Crippen LogP contribution in [0.15, 0.2) is 71.2 Å². The first-order chi connectivity index (χ1) is 15.4. The normalized spacial score (nSPS) is 16.0. The van der Waals surface area contributed by atoms with Gasteiger partial charge >= 0.3 is 0 Å². The van der Waals surface area contributed by atoms with E-state index in [9.17, 15) is 14.0 Å². The molecule has 0 aliphatic carbocycles. The first kappa shape index (κ1) is 22.8. The van der Waals surface area contributed by atoms with Crippen molar-refractivity contribution in [2.45, 2.75) is 24.8 Å². The number of ether oxygens (including phenoxy) is 1. The molecule has 0 unspecified atom stereocenters. The van der Waals surface area contributed by atoms with Crippen LogP contribution in [0.3, 0.4) is 0 Å². The molecule has 0 N–H and O–H groups in total. The highest BCUT2D eigenvalue weighted by molar-refractivity contribution is 9.10. The van der Waals surface area contributed by atoms with E-state index >= 15 is 0 Å². The molecule has 3 aromatic carbocycles. The smallest absolute Gasteiger partial charge is 0.289 e. The summed E-state index contributed by atoms with van der Waals surface area (Å²) < 4.78 is 20.6. The maximum absolute atomic E-state index is 13.9. The number of imide groups is 1. The van der Waals surface area contributed by atoms with E-state index in [4.69, 9.17) is 16.3 Å². The lowest BCUT2D eigenvalue weighted by Crippen LogP contribution is -2.31. The Morgan fingerprint density at radius 2 is 1.78 bits per heavy atom. The molecule has 164 valence electrons. The van der Waals surface area contributed by atoms with Crippen molar-refractivity contribution in [1.82, 2.24) is 4.90 Å². The lowest BCUT2D eigenvalue weighted by molar-refractivity contribution is -0.127. The second kappa shape index (κ2) is 10.1. The molecule has 0 aromatic heterocycles. The molecule has 1 saturated heterocycles. The molecule has 8 heteroatoms. The summed E-state index contributed by atoms with van der Waals surface area (Å²) in [5.74, 6) is -0.0282. The molecule has 1 heterocycles. The van der Waals surface area contributed by atoms with Gasteiger partial charge < -0.3 is 4.74 Å². The average Bonchev–Trinajstić information content (AvgIpc) is 3.03. The molecule has 1 atom stereocenters. The number of nitrogens with zero attached hydrogens (tertiary/aromatic N) is 1. The summed E-state index contributed by atoms with van der Waals surface area (Å²) in [5, 5.41) is -0.240. The summed E-state index contributed by atoms with van der Waals surface area (Å²) in [6.45, 7) is 0.266. The van der Waals surface area contributed by atoms with E-state index in [1.807, 2.05) is 12.1 Å². The summed E-state index contributed by atoms with van der Waals surface area (Å²) in [6, 6.07) is 18.9. The maximum Gasteiger partial charge on any atom is 0.289 e.